The number of carbonyl (C=O) groups is 1. The van der Waals surface area contributed by atoms with E-state index < -0.39 is 0 Å². The van der Waals surface area contributed by atoms with E-state index >= 15 is 0 Å². The van der Waals surface area contributed by atoms with Crippen LogP contribution < -0.4 is 4.74 Å². The summed E-state index contributed by atoms with van der Waals surface area (Å²) in [6.07, 6.45) is 2.91. The highest BCUT2D eigenvalue weighted by atomic mass is 32.1. The van der Waals surface area contributed by atoms with E-state index in [9.17, 15) is 9.90 Å². The standard InChI is InChI=1S/C15H22N2O3S/c1-20-13-5-10-21-14(13)15(19)17-8-6-16(7-9-17)11-3-2-4-12(11)18/h5,10-12,18H,2-4,6-9H2,1H3. The third-order valence-corrected chi connectivity index (χ3v) is 5.44. The van der Waals surface area contributed by atoms with Crippen LogP contribution in [-0.2, 0) is 0 Å². The Balaban J connectivity index is 1.59. The second-order valence-corrected chi connectivity index (χ2v) is 6.63. The molecule has 116 valence electrons. The van der Waals surface area contributed by atoms with Crippen molar-refractivity contribution < 1.29 is 14.6 Å². The average Bonchev–Trinajstić information content (AvgIpc) is 3.15. The second-order valence-electron chi connectivity index (χ2n) is 5.71. The molecule has 0 aromatic carbocycles. The van der Waals surface area contributed by atoms with Crippen LogP contribution in [0.15, 0.2) is 11.4 Å². The van der Waals surface area contributed by atoms with E-state index in [4.69, 9.17) is 4.74 Å². The molecule has 0 spiro atoms. The summed E-state index contributed by atoms with van der Waals surface area (Å²) < 4.78 is 5.23. The number of hydrogen-bond donors (Lipinski definition) is 1. The first-order valence-electron chi connectivity index (χ1n) is 7.53. The normalized spacial score (nSPS) is 27.0. The first-order valence-corrected chi connectivity index (χ1v) is 8.41. The van der Waals surface area contributed by atoms with Gasteiger partial charge >= 0.3 is 0 Å². The van der Waals surface area contributed by atoms with Crippen LogP contribution in [0.5, 0.6) is 5.75 Å². The van der Waals surface area contributed by atoms with Crippen molar-refractivity contribution >= 4 is 17.2 Å². The first-order chi connectivity index (χ1) is 10.2. The lowest BCUT2D eigenvalue weighted by atomic mass is 10.1. The van der Waals surface area contributed by atoms with Crippen molar-refractivity contribution in [1.82, 2.24) is 9.80 Å². The second kappa shape index (κ2) is 6.34. The van der Waals surface area contributed by atoms with Gasteiger partial charge in [-0.3, -0.25) is 9.69 Å². The number of hydrogen-bond acceptors (Lipinski definition) is 5. The summed E-state index contributed by atoms with van der Waals surface area (Å²) in [5, 5.41) is 11.9. The topological polar surface area (TPSA) is 53.0 Å². The number of amides is 1. The maximum Gasteiger partial charge on any atom is 0.267 e. The maximum absolute atomic E-state index is 12.5. The molecule has 1 aromatic rings. The lowest BCUT2D eigenvalue weighted by molar-refractivity contribution is 0.0316. The number of carbonyl (C=O) groups excluding carboxylic acids is 1. The summed E-state index contributed by atoms with van der Waals surface area (Å²) in [6.45, 7) is 3.15. The fraction of sp³-hybridized carbons (Fsp3) is 0.667. The van der Waals surface area contributed by atoms with Gasteiger partial charge in [0, 0.05) is 32.2 Å². The minimum absolute atomic E-state index is 0.0634. The fourth-order valence-electron chi connectivity index (χ4n) is 3.36. The van der Waals surface area contributed by atoms with E-state index in [1.807, 2.05) is 16.3 Å². The van der Waals surface area contributed by atoms with Gasteiger partial charge in [0.1, 0.15) is 10.6 Å². The number of methoxy groups -OCH3 is 1. The molecule has 0 bridgehead atoms. The molecule has 2 unspecified atom stereocenters. The van der Waals surface area contributed by atoms with E-state index in [2.05, 4.69) is 4.90 Å². The zero-order chi connectivity index (χ0) is 14.8. The van der Waals surface area contributed by atoms with Gasteiger partial charge in [-0.15, -0.1) is 11.3 Å². The SMILES string of the molecule is COc1ccsc1C(=O)N1CCN(C2CCCC2O)CC1. The van der Waals surface area contributed by atoms with E-state index in [1.165, 1.54) is 11.3 Å². The van der Waals surface area contributed by atoms with Crippen LogP contribution in [0.1, 0.15) is 28.9 Å². The van der Waals surface area contributed by atoms with Crippen molar-refractivity contribution in [3.05, 3.63) is 16.3 Å². The van der Waals surface area contributed by atoms with Gasteiger partial charge in [-0.1, -0.05) is 0 Å². The van der Waals surface area contributed by atoms with E-state index in [0.29, 0.717) is 16.7 Å². The van der Waals surface area contributed by atoms with Gasteiger partial charge in [0.05, 0.1) is 13.2 Å². The Kier molecular flexibility index (Phi) is 4.47. The van der Waals surface area contributed by atoms with Gasteiger partial charge in [0.25, 0.3) is 5.91 Å². The average molecular weight is 310 g/mol. The molecular weight excluding hydrogens is 288 g/mol. The van der Waals surface area contributed by atoms with Crippen molar-refractivity contribution in [1.29, 1.82) is 0 Å². The fourth-order valence-corrected chi connectivity index (χ4v) is 4.19. The predicted octanol–water partition coefficient (Wildman–Crippen LogP) is 1.43. The minimum Gasteiger partial charge on any atom is -0.495 e. The van der Waals surface area contributed by atoms with Crippen LogP contribution in [0.25, 0.3) is 0 Å². The molecule has 3 rings (SSSR count). The molecule has 2 heterocycles. The van der Waals surface area contributed by atoms with Gasteiger partial charge in [-0.05, 0) is 30.7 Å². The lowest BCUT2D eigenvalue weighted by Gasteiger charge is -2.39. The van der Waals surface area contributed by atoms with Crippen molar-refractivity contribution in [2.45, 2.75) is 31.4 Å². The zero-order valence-corrected chi connectivity index (χ0v) is 13.1. The van der Waals surface area contributed by atoms with Crippen LogP contribution in [-0.4, -0.2) is 66.2 Å². The molecular formula is C15H22N2O3S. The monoisotopic (exact) mass is 310 g/mol. The summed E-state index contributed by atoms with van der Waals surface area (Å²) >= 11 is 1.43. The highest BCUT2D eigenvalue weighted by Crippen LogP contribution is 2.28. The molecule has 21 heavy (non-hydrogen) atoms. The predicted molar refractivity (Wildman–Crippen MR) is 82.0 cm³/mol. The highest BCUT2D eigenvalue weighted by Gasteiger charge is 2.34. The summed E-state index contributed by atoms with van der Waals surface area (Å²) in [7, 11) is 1.60. The Bertz CT molecular complexity index is 497. The van der Waals surface area contributed by atoms with Gasteiger partial charge in [-0.25, -0.2) is 0 Å². The van der Waals surface area contributed by atoms with E-state index in [0.717, 1.165) is 45.4 Å². The molecule has 0 radical (unpaired) electrons. The number of aliphatic hydroxyl groups is 1. The molecule has 6 heteroatoms. The molecule has 1 amide bonds. The molecule has 1 aliphatic heterocycles. The highest BCUT2D eigenvalue weighted by molar-refractivity contribution is 7.12. The quantitative estimate of drug-likeness (QED) is 0.917. The van der Waals surface area contributed by atoms with E-state index in [1.54, 1.807) is 7.11 Å². The van der Waals surface area contributed by atoms with Gasteiger partial charge in [0.15, 0.2) is 0 Å². The maximum atomic E-state index is 12.5. The Morgan fingerprint density at radius 2 is 2.10 bits per heavy atom. The van der Waals surface area contributed by atoms with Gasteiger partial charge < -0.3 is 14.7 Å². The molecule has 2 atom stereocenters. The minimum atomic E-state index is -0.190. The number of ether oxygens (including phenoxy) is 1. The third kappa shape index (κ3) is 2.93. The van der Waals surface area contributed by atoms with Crippen molar-refractivity contribution in [2.24, 2.45) is 0 Å². The Hall–Kier alpha value is -1.11. The summed E-state index contributed by atoms with van der Waals surface area (Å²) in [5.41, 5.74) is 0. The molecule has 1 saturated heterocycles. The molecule has 1 saturated carbocycles. The van der Waals surface area contributed by atoms with Crippen molar-refractivity contribution in [2.75, 3.05) is 33.3 Å². The Morgan fingerprint density at radius 1 is 1.33 bits per heavy atom. The van der Waals surface area contributed by atoms with Crippen LogP contribution in [0.4, 0.5) is 0 Å². The first kappa shape index (κ1) is 14.8. The van der Waals surface area contributed by atoms with Crippen molar-refractivity contribution in [3.8, 4) is 5.75 Å². The molecule has 2 aliphatic rings. The van der Waals surface area contributed by atoms with Crippen LogP contribution in [0.2, 0.25) is 0 Å². The lowest BCUT2D eigenvalue weighted by Crippen LogP contribution is -2.53. The molecule has 1 aliphatic carbocycles. The van der Waals surface area contributed by atoms with Crippen LogP contribution in [0, 0.1) is 0 Å². The number of piperazine rings is 1. The third-order valence-electron chi connectivity index (χ3n) is 4.56. The van der Waals surface area contributed by atoms with Gasteiger partial charge in [-0.2, -0.15) is 0 Å². The molecule has 1 aromatic heterocycles. The Labute approximate surface area is 129 Å². The zero-order valence-electron chi connectivity index (χ0n) is 12.3. The molecule has 1 N–H and O–H groups in total. The Morgan fingerprint density at radius 3 is 2.71 bits per heavy atom. The van der Waals surface area contributed by atoms with Crippen LogP contribution in [0.3, 0.4) is 0 Å². The molecule has 5 nitrogen and oxygen atoms in total. The summed E-state index contributed by atoms with van der Waals surface area (Å²) in [6, 6.07) is 2.13. The number of rotatable bonds is 3. The number of thiophene rings is 1. The smallest absolute Gasteiger partial charge is 0.267 e. The summed E-state index contributed by atoms with van der Waals surface area (Å²) in [4.78, 5) is 17.4. The van der Waals surface area contributed by atoms with Crippen LogP contribution >= 0.6 is 11.3 Å². The molecule has 2 fully saturated rings. The largest absolute Gasteiger partial charge is 0.495 e. The summed E-state index contributed by atoms with van der Waals surface area (Å²) in [5.74, 6) is 0.729. The number of nitrogens with zero attached hydrogens (tertiary/aromatic N) is 2. The van der Waals surface area contributed by atoms with Gasteiger partial charge in [0.2, 0.25) is 0 Å². The van der Waals surface area contributed by atoms with E-state index in [-0.39, 0.29) is 12.0 Å². The van der Waals surface area contributed by atoms with Crippen molar-refractivity contribution in [3.63, 3.8) is 0 Å². The number of aliphatic hydroxyl groups excluding tert-OH is 1.